The van der Waals surface area contributed by atoms with Crippen LogP contribution >= 0.6 is 0 Å². The number of fused-ring (bicyclic) bond motifs is 1. The predicted octanol–water partition coefficient (Wildman–Crippen LogP) is 1.71. The number of likely N-dealkylation sites (tertiary alicyclic amines) is 1. The molecule has 0 radical (unpaired) electrons. The molecule has 1 saturated heterocycles. The number of carbonyl (C=O) groups excluding carboxylic acids is 5. The highest BCUT2D eigenvalue weighted by Gasteiger charge is 2.70. The number of amides is 5. The Balaban J connectivity index is 2.48. The fourth-order valence-corrected chi connectivity index (χ4v) is 4.36. The molecule has 3 rings (SSSR count). The van der Waals surface area contributed by atoms with Crippen LogP contribution in [0.1, 0.15) is 117 Å². The monoisotopic (exact) mass is 547 g/mol. The highest BCUT2D eigenvalue weighted by atomic mass is 16.2. The van der Waals surface area contributed by atoms with E-state index in [0.29, 0.717) is 6.42 Å². The standard InChI is InChI=1S/C27H45N5O5/c1-25(2,3)20(30-24(37)31-26(4,5)6)23(36)32-13-15-17(27(15,7)8)18(32)22(35)29-16(19(33)21(28)34)12-14-10-9-11-14/h14-18,20H,9-13H2,1-8H3,(H2,28,34)(H,29,35)(H2,30,31,37)/t15-,16+,17-,18-,20+/m0/s1/i1D3,2D3,3D3,4D3,5D3,6D3,7D3,8D3,12D2,16D. The Morgan fingerprint density at radius 3 is 2.30 bits per heavy atom. The van der Waals surface area contributed by atoms with Crippen LogP contribution in [0.2, 0.25) is 0 Å². The first-order chi connectivity index (χ1) is 28.0. The minimum Gasteiger partial charge on any atom is -0.363 e. The summed E-state index contributed by atoms with van der Waals surface area (Å²) in [5.41, 5.74) is -6.97. The highest BCUT2D eigenvalue weighted by molar-refractivity contribution is 6.37. The zero-order chi connectivity index (χ0) is 50.8. The van der Waals surface area contributed by atoms with Gasteiger partial charge in [-0.3, -0.25) is 19.2 Å². The zero-order valence-corrected chi connectivity index (χ0v) is 19.3. The fraction of sp³-hybridized carbons (Fsp3) is 0.815. The van der Waals surface area contributed by atoms with Crippen molar-refractivity contribution in [2.75, 3.05) is 6.54 Å². The summed E-state index contributed by atoms with van der Waals surface area (Å²) in [6, 6.07) is -12.9. The van der Waals surface area contributed by atoms with E-state index in [1.54, 1.807) is 5.32 Å². The average molecular weight is 547 g/mol. The van der Waals surface area contributed by atoms with Gasteiger partial charge in [-0.25, -0.2) is 4.79 Å². The topological polar surface area (TPSA) is 151 Å². The first kappa shape index (κ1) is 9.52. The molecule has 1 aliphatic heterocycles. The van der Waals surface area contributed by atoms with Crippen molar-refractivity contribution in [2.24, 2.45) is 34.3 Å². The first-order valence-electron chi connectivity index (χ1n) is 24.5. The van der Waals surface area contributed by atoms with Crippen LogP contribution < -0.4 is 21.7 Å². The van der Waals surface area contributed by atoms with Crippen molar-refractivity contribution in [3.8, 4) is 0 Å². The summed E-state index contributed by atoms with van der Waals surface area (Å²) in [6.07, 6.45) is -3.01. The summed E-state index contributed by atoms with van der Waals surface area (Å²) in [4.78, 5) is 68.9. The minimum atomic E-state index is -4.66. The molecule has 0 aromatic heterocycles. The van der Waals surface area contributed by atoms with E-state index in [1.165, 1.54) is 5.32 Å². The molecule has 208 valence electrons. The second-order valence-corrected chi connectivity index (χ2v) is 9.36. The van der Waals surface area contributed by atoms with Gasteiger partial charge in [-0.1, -0.05) is 53.5 Å². The van der Waals surface area contributed by atoms with Crippen molar-refractivity contribution in [1.29, 1.82) is 0 Å². The third-order valence-corrected chi connectivity index (χ3v) is 6.47. The summed E-state index contributed by atoms with van der Waals surface area (Å²) in [5, 5.41) is 4.01. The second-order valence-electron chi connectivity index (χ2n) is 9.36. The van der Waals surface area contributed by atoms with Crippen LogP contribution in [-0.2, 0) is 19.2 Å². The van der Waals surface area contributed by atoms with Crippen molar-refractivity contribution in [2.45, 2.75) is 104 Å². The van der Waals surface area contributed by atoms with Crippen LogP contribution in [0.25, 0.3) is 0 Å². The molecule has 5 N–H and O–H groups in total. The molecular formula is C27H45N5O5. The van der Waals surface area contributed by atoms with Gasteiger partial charge in [-0.15, -0.1) is 0 Å². The first-order valence-corrected chi connectivity index (χ1v) is 11.0. The molecule has 0 aromatic carbocycles. The van der Waals surface area contributed by atoms with Crippen LogP contribution in [0.5, 0.6) is 0 Å². The van der Waals surface area contributed by atoms with Crippen LogP contribution in [0.4, 0.5) is 4.79 Å². The molecule has 5 atom stereocenters. The van der Waals surface area contributed by atoms with Crippen molar-refractivity contribution in [3.63, 3.8) is 0 Å². The number of hydrogen-bond acceptors (Lipinski definition) is 5. The number of urea groups is 1. The van der Waals surface area contributed by atoms with Gasteiger partial charge in [-0.2, -0.15) is 0 Å². The Kier molecular flexibility index (Phi) is 2.55. The van der Waals surface area contributed by atoms with E-state index in [-0.39, 0.29) is 17.7 Å². The van der Waals surface area contributed by atoms with E-state index in [1.807, 2.05) is 0 Å². The number of nitrogens with zero attached hydrogens (tertiary/aromatic N) is 1. The maximum absolute atomic E-state index is 15.1. The Labute approximate surface area is 258 Å². The number of primary amides is 1. The second kappa shape index (κ2) is 9.91. The molecule has 0 aromatic rings. The third kappa shape index (κ3) is 6.26. The van der Waals surface area contributed by atoms with Crippen LogP contribution in [0.3, 0.4) is 0 Å². The molecule has 10 nitrogen and oxygen atoms in total. The number of piperidine rings is 1. The fourth-order valence-electron chi connectivity index (χ4n) is 4.36. The zero-order valence-electron chi connectivity index (χ0n) is 46.3. The lowest BCUT2D eigenvalue weighted by molar-refractivity contribution is -0.145. The normalized spacial score (nSPS) is 41.0. The molecule has 0 unspecified atom stereocenters. The van der Waals surface area contributed by atoms with Crippen molar-refractivity contribution >= 4 is 29.5 Å². The molecule has 3 fully saturated rings. The van der Waals surface area contributed by atoms with Crippen LogP contribution in [-0.4, -0.2) is 64.6 Å². The number of rotatable bonds is 8. The maximum Gasteiger partial charge on any atom is 0.315 e. The van der Waals surface area contributed by atoms with E-state index < -0.39 is 149 Å². The predicted molar refractivity (Wildman–Crippen MR) is 139 cm³/mol. The molecule has 0 bridgehead atoms. The Morgan fingerprint density at radius 2 is 1.78 bits per heavy atom. The van der Waals surface area contributed by atoms with Gasteiger partial charge in [0.05, 0.1) is 7.39 Å². The number of carbonyl (C=O) groups is 5. The number of nitrogens with one attached hydrogen (secondary N) is 3. The molecule has 0 spiro atoms. The van der Waals surface area contributed by atoms with Crippen LogP contribution in [0.15, 0.2) is 0 Å². The summed E-state index contributed by atoms with van der Waals surface area (Å²) in [7, 11) is 0. The maximum atomic E-state index is 15.1. The number of nitrogens with two attached hydrogens (primary N) is 1. The van der Waals surface area contributed by atoms with Crippen molar-refractivity contribution in [1.82, 2.24) is 20.9 Å². The molecule has 5 amide bonds. The average Bonchev–Trinajstić information content (AvgIpc) is 3.52. The summed E-state index contributed by atoms with van der Waals surface area (Å²) < 4.78 is 220. The molecule has 3 aliphatic rings. The molecule has 10 heteroatoms. The van der Waals surface area contributed by atoms with Gasteiger partial charge in [0.2, 0.25) is 17.6 Å². The molecule has 2 aliphatic carbocycles. The summed E-state index contributed by atoms with van der Waals surface area (Å²) in [6.45, 7) is -35.1. The highest BCUT2D eigenvalue weighted by Crippen LogP contribution is 2.65. The lowest BCUT2D eigenvalue weighted by Gasteiger charge is -2.38. The molecule has 37 heavy (non-hydrogen) atoms. The van der Waals surface area contributed by atoms with Gasteiger partial charge in [-0.05, 0) is 55.5 Å². The molecular weight excluding hydrogens is 474 g/mol. The van der Waals surface area contributed by atoms with Crippen molar-refractivity contribution < 1.29 is 61.0 Å². The molecule has 1 heterocycles. The third-order valence-electron chi connectivity index (χ3n) is 6.47. The Bertz CT molecular complexity index is 1780. The quantitative estimate of drug-likeness (QED) is 0.342. The van der Waals surface area contributed by atoms with E-state index in [0.717, 1.165) is 5.32 Å². The van der Waals surface area contributed by atoms with Crippen LogP contribution in [0, 0.1) is 28.6 Å². The van der Waals surface area contributed by atoms with Gasteiger partial charge >= 0.3 is 6.03 Å². The largest absolute Gasteiger partial charge is 0.363 e. The lowest BCUT2D eigenvalue weighted by Crippen LogP contribution is -2.62. The lowest BCUT2D eigenvalue weighted by atomic mass is 9.80. The summed E-state index contributed by atoms with van der Waals surface area (Å²) in [5.74, 6) is -14.0. The van der Waals surface area contributed by atoms with E-state index >= 15 is 4.79 Å². The van der Waals surface area contributed by atoms with E-state index in [4.69, 9.17) is 42.7 Å². The summed E-state index contributed by atoms with van der Waals surface area (Å²) >= 11 is 0. The Morgan fingerprint density at radius 1 is 1.11 bits per heavy atom. The number of hydrogen-bond donors (Lipinski definition) is 4. The smallest absolute Gasteiger partial charge is 0.315 e. The Hall–Kier alpha value is -2.65. The minimum absolute atomic E-state index is 0.0398. The van der Waals surface area contributed by atoms with E-state index in [9.17, 15) is 19.2 Å². The SMILES string of the molecule is [2H]C([2H])([2H])C1(C([2H])([2H])[2H])[C@@H]2[C@@H](C(=O)N[C@@]([2H])(C(=O)C(N)=O)C([2H])([2H])C3CCC3)N(C(=O)[C@@H](NC(=O)NC(C([2H])([2H])[2H])(C([2H])([2H])[2H])C([2H])([2H])[2H])C(C([2H])([2H])[2H])(C([2H])([2H])[2H])C([2H])([2H])[2H])C[C@@H]21. The van der Waals surface area contributed by atoms with Gasteiger partial charge in [0.25, 0.3) is 5.91 Å². The number of Topliss-reactive ketones (excluding diaryl/α,β-unsaturated/α-hetero) is 1. The van der Waals surface area contributed by atoms with Gasteiger partial charge in [0.15, 0.2) is 0 Å². The van der Waals surface area contributed by atoms with E-state index in [2.05, 4.69) is 0 Å². The number of ketones is 1. The van der Waals surface area contributed by atoms with Crippen molar-refractivity contribution in [3.05, 3.63) is 0 Å². The van der Waals surface area contributed by atoms with Gasteiger partial charge < -0.3 is 26.6 Å². The van der Waals surface area contributed by atoms with Gasteiger partial charge in [0, 0.05) is 47.7 Å². The van der Waals surface area contributed by atoms with Gasteiger partial charge in [0.1, 0.15) is 12.1 Å². The molecule has 2 saturated carbocycles.